The summed E-state index contributed by atoms with van der Waals surface area (Å²) in [5.74, 6) is 0.925. The molecule has 0 aliphatic rings. The molecule has 1 N–H and O–H groups in total. The molecule has 1 aromatic carbocycles. The van der Waals surface area contributed by atoms with E-state index >= 15 is 0 Å². The Balaban J connectivity index is 2.50. The molecule has 2 nitrogen and oxygen atoms in total. The van der Waals surface area contributed by atoms with Crippen LogP contribution in [0, 0.1) is 0 Å². The maximum atomic E-state index is 5.85. The predicted molar refractivity (Wildman–Crippen MR) is 67.4 cm³/mol. The lowest BCUT2D eigenvalue weighted by Gasteiger charge is -2.17. The van der Waals surface area contributed by atoms with E-state index in [9.17, 15) is 0 Å². The molecular formula is C12H18BrNO. The summed E-state index contributed by atoms with van der Waals surface area (Å²) in [6.07, 6.45) is 1.26. The summed E-state index contributed by atoms with van der Waals surface area (Å²) in [5.41, 5.74) is 0. The summed E-state index contributed by atoms with van der Waals surface area (Å²) in [7, 11) is 0. The second kappa shape index (κ2) is 6.85. The van der Waals surface area contributed by atoms with Gasteiger partial charge in [-0.15, -0.1) is 0 Å². The molecule has 0 heterocycles. The lowest BCUT2D eigenvalue weighted by molar-refractivity contribution is 0.194. The highest BCUT2D eigenvalue weighted by atomic mass is 79.9. The van der Waals surface area contributed by atoms with Crippen molar-refractivity contribution in [3.63, 3.8) is 0 Å². The molecule has 0 spiro atoms. The molecule has 0 saturated carbocycles. The highest BCUT2D eigenvalue weighted by Crippen LogP contribution is 2.19. The summed E-state index contributed by atoms with van der Waals surface area (Å²) >= 11 is 3.43. The fourth-order valence-electron chi connectivity index (χ4n) is 1.31. The number of benzene rings is 1. The van der Waals surface area contributed by atoms with Gasteiger partial charge in [0.15, 0.2) is 0 Å². The van der Waals surface area contributed by atoms with Crippen LogP contribution >= 0.6 is 15.9 Å². The van der Waals surface area contributed by atoms with E-state index in [0.29, 0.717) is 0 Å². The molecule has 84 valence electrons. The Morgan fingerprint density at radius 3 is 2.80 bits per heavy atom. The molecule has 0 fully saturated rings. The second-order valence-corrected chi connectivity index (χ2v) is 4.33. The highest BCUT2D eigenvalue weighted by Gasteiger charge is 2.06. The molecule has 1 unspecified atom stereocenters. The topological polar surface area (TPSA) is 21.3 Å². The summed E-state index contributed by atoms with van der Waals surface area (Å²) in [6.45, 7) is 6.13. The van der Waals surface area contributed by atoms with Gasteiger partial charge in [-0.25, -0.2) is 0 Å². The van der Waals surface area contributed by atoms with Crippen LogP contribution in [0.25, 0.3) is 0 Å². The number of hydrogen-bond acceptors (Lipinski definition) is 2. The Labute approximate surface area is 100 Å². The number of ether oxygens (including phenoxy) is 1. The van der Waals surface area contributed by atoms with Crippen molar-refractivity contribution in [2.24, 2.45) is 0 Å². The number of hydrogen-bond donors (Lipinski definition) is 1. The van der Waals surface area contributed by atoms with Crippen molar-refractivity contribution in [2.75, 3.05) is 13.1 Å². The minimum atomic E-state index is 0.249. The SMILES string of the molecule is CCNCC(CC)Oc1cccc(Br)c1. The van der Waals surface area contributed by atoms with Crippen LogP contribution in [-0.2, 0) is 0 Å². The molecule has 1 atom stereocenters. The molecule has 0 aliphatic heterocycles. The summed E-state index contributed by atoms with van der Waals surface area (Å²) < 4.78 is 6.91. The van der Waals surface area contributed by atoms with E-state index in [0.717, 1.165) is 29.7 Å². The van der Waals surface area contributed by atoms with E-state index in [2.05, 4.69) is 35.1 Å². The van der Waals surface area contributed by atoms with E-state index in [4.69, 9.17) is 4.74 Å². The zero-order chi connectivity index (χ0) is 11.1. The smallest absolute Gasteiger partial charge is 0.120 e. The standard InChI is InChI=1S/C12H18BrNO/c1-3-11(9-14-4-2)15-12-7-5-6-10(13)8-12/h5-8,11,14H,3-4,9H2,1-2H3. The van der Waals surface area contributed by atoms with Crippen LogP contribution in [0.15, 0.2) is 28.7 Å². The van der Waals surface area contributed by atoms with Crippen LogP contribution in [0.4, 0.5) is 0 Å². The first-order chi connectivity index (χ1) is 7.26. The first kappa shape index (κ1) is 12.5. The third-order valence-electron chi connectivity index (χ3n) is 2.18. The fourth-order valence-corrected chi connectivity index (χ4v) is 1.69. The van der Waals surface area contributed by atoms with Crippen LogP contribution in [0.3, 0.4) is 0 Å². The molecule has 0 bridgehead atoms. The Hall–Kier alpha value is -0.540. The number of halogens is 1. The van der Waals surface area contributed by atoms with Gasteiger partial charge in [-0.3, -0.25) is 0 Å². The van der Waals surface area contributed by atoms with Gasteiger partial charge in [0, 0.05) is 11.0 Å². The number of nitrogens with one attached hydrogen (secondary N) is 1. The zero-order valence-corrected chi connectivity index (χ0v) is 10.9. The maximum Gasteiger partial charge on any atom is 0.120 e. The van der Waals surface area contributed by atoms with Crippen molar-refractivity contribution in [1.82, 2.24) is 5.32 Å². The summed E-state index contributed by atoms with van der Waals surface area (Å²) in [5, 5.41) is 3.30. The largest absolute Gasteiger partial charge is 0.489 e. The molecule has 0 aromatic heterocycles. The Kier molecular flexibility index (Phi) is 5.73. The van der Waals surface area contributed by atoms with Gasteiger partial charge in [-0.2, -0.15) is 0 Å². The first-order valence-corrected chi connectivity index (χ1v) is 6.18. The van der Waals surface area contributed by atoms with Crippen LogP contribution in [0.5, 0.6) is 5.75 Å². The summed E-state index contributed by atoms with van der Waals surface area (Å²) in [6, 6.07) is 7.96. The molecular weight excluding hydrogens is 254 g/mol. The molecule has 15 heavy (non-hydrogen) atoms. The molecule has 0 saturated heterocycles. The average molecular weight is 272 g/mol. The number of rotatable bonds is 6. The Morgan fingerprint density at radius 1 is 1.40 bits per heavy atom. The Morgan fingerprint density at radius 2 is 2.20 bits per heavy atom. The third-order valence-corrected chi connectivity index (χ3v) is 2.67. The van der Waals surface area contributed by atoms with Crippen molar-refractivity contribution >= 4 is 15.9 Å². The number of likely N-dealkylation sites (N-methyl/N-ethyl adjacent to an activating group) is 1. The molecule has 0 aliphatic carbocycles. The summed E-state index contributed by atoms with van der Waals surface area (Å²) in [4.78, 5) is 0. The molecule has 1 aromatic rings. The van der Waals surface area contributed by atoms with Crippen molar-refractivity contribution in [3.8, 4) is 5.75 Å². The van der Waals surface area contributed by atoms with Crippen LogP contribution in [0.2, 0.25) is 0 Å². The van der Waals surface area contributed by atoms with Gasteiger partial charge in [0.1, 0.15) is 11.9 Å². The first-order valence-electron chi connectivity index (χ1n) is 5.39. The Bertz CT molecular complexity index is 291. The molecule has 1 rings (SSSR count). The maximum absolute atomic E-state index is 5.85. The van der Waals surface area contributed by atoms with E-state index in [1.165, 1.54) is 0 Å². The van der Waals surface area contributed by atoms with Crippen LogP contribution < -0.4 is 10.1 Å². The van der Waals surface area contributed by atoms with E-state index in [1.54, 1.807) is 0 Å². The van der Waals surface area contributed by atoms with Crippen LogP contribution in [-0.4, -0.2) is 19.2 Å². The van der Waals surface area contributed by atoms with Crippen molar-refractivity contribution in [3.05, 3.63) is 28.7 Å². The van der Waals surface area contributed by atoms with E-state index in [1.807, 2.05) is 24.3 Å². The van der Waals surface area contributed by atoms with Gasteiger partial charge in [0.2, 0.25) is 0 Å². The monoisotopic (exact) mass is 271 g/mol. The lowest BCUT2D eigenvalue weighted by atomic mass is 10.2. The van der Waals surface area contributed by atoms with E-state index < -0.39 is 0 Å². The molecule has 0 amide bonds. The minimum absolute atomic E-state index is 0.249. The lowest BCUT2D eigenvalue weighted by Crippen LogP contribution is -2.30. The van der Waals surface area contributed by atoms with Gasteiger partial charge in [-0.1, -0.05) is 35.8 Å². The van der Waals surface area contributed by atoms with Gasteiger partial charge in [-0.05, 0) is 31.2 Å². The van der Waals surface area contributed by atoms with Crippen molar-refractivity contribution in [1.29, 1.82) is 0 Å². The van der Waals surface area contributed by atoms with Gasteiger partial charge in [0.25, 0.3) is 0 Å². The van der Waals surface area contributed by atoms with Gasteiger partial charge in [0.05, 0.1) is 0 Å². The molecule has 0 radical (unpaired) electrons. The van der Waals surface area contributed by atoms with Gasteiger partial charge >= 0.3 is 0 Å². The quantitative estimate of drug-likeness (QED) is 0.858. The average Bonchev–Trinajstić information content (AvgIpc) is 2.24. The van der Waals surface area contributed by atoms with Crippen LogP contribution in [0.1, 0.15) is 20.3 Å². The fraction of sp³-hybridized carbons (Fsp3) is 0.500. The second-order valence-electron chi connectivity index (χ2n) is 3.41. The van der Waals surface area contributed by atoms with Crippen molar-refractivity contribution in [2.45, 2.75) is 26.4 Å². The van der Waals surface area contributed by atoms with Crippen molar-refractivity contribution < 1.29 is 4.74 Å². The zero-order valence-electron chi connectivity index (χ0n) is 9.29. The van der Waals surface area contributed by atoms with Gasteiger partial charge < -0.3 is 10.1 Å². The third kappa shape index (κ3) is 4.67. The highest BCUT2D eigenvalue weighted by molar-refractivity contribution is 9.10. The normalized spacial score (nSPS) is 12.5. The molecule has 3 heteroatoms. The minimum Gasteiger partial charge on any atom is -0.489 e. The van der Waals surface area contributed by atoms with E-state index in [-0.39, 0.29) is 6.10 Å². The predicted octanol–water partition coefficient (Wildman–Crippen LogP) is 3.22.